The largest absolute Gasteiger partial charge is 0.461 e. The van der Waals surface area contributed by atoms with Crippen LogP contribution in [-0.4, -0.2) is 25.1 Å². The number of nitrogens with zero attached hydrogens (tertiary/aromatic N) is 5. The van der Waals surface area contributed by atoms with Gasteiger partial charge in [-0.25, -0.2) is 0 Å². The minimum atomic E-state index is -0.465. The van der Waals surface area contributed by atoms with E-state index in [1.165, 1.54) is 23.2 Å². The zero-order chi connectivity index (χ0) is 13.2. The van der Waals surface area contributed by atoms with Gasteiger partial charge in [0, 0.05) is 12.1 Å². The fourth-order valence-corrected chi connectivity index (χ4v) is 1.54. The molecule has 3 rings (SSSR count). The summed E-state index contributed by atoms with van der Waals surface area (Å²) in [6.45, 7) is 0. The second kappa shape index (κ2) is 4.33. The second-order valence-electron chi connectivity index (χ2n) is 3.65. The lowest BCUT2D eigenvalue weighted by atomic mass is 10.3. The number of non-ortho nitro benzene ring substituents is 1. The maximum atomic E-state index is 10.6. The molecule has 1 aromatic carbocycles. The topological polar surface area (TPSA) is 99.9 Å². The first-order chi connectivity index (χ1) is 9.24. The van der Waals surface area contributed by atoms with Gasteiger partial charge in [0.15, 0.2) is 5.76 Å². The van der Waals surface area contributed by atoms with Crippen LogP contribution in [0.3, 0.4) is 0 Å². The molecule has 3 aromatic rings. The first-order valence-corrected chi connectivity index (χ1v) is 5.33. The van der Waals surface area contributed by atoms with Crippen molar-refractivity contribution in [1.29, 1.82) is 0 Å². The van der Waals surface area contributed by atoms with Crippen molar-refractivity contribution in [3.63, 3.8) is 0 Å². The summed E-state index contributed by atoms with van der Waals surface area (Å²) in [5.74, 6) is 0.858. The van der Waals surface area contributed by atoms with Crippen LogP contribution >= 0.6 is 0 Å². The average Bonchev–Trinajstić information content (AvgIpc) is 3.10. The van der Waals surface area contributed by atoms with Crippen molar-refractivity contribution in [1.82, 2.24) is 20.2 Å². The molecule has 0 amide bonds. The SMILES string of the molecule is O=[N+]([O-])c1ccc(-n2nnc(-c3ccco3)n2)cc1. The van der Waals surface area contributed by atoms with Crippen molar-refractivity contribution >= 4 is 5.69 Å². The van der Waals surface area contributed by atoms with E-state index in [-0.39, 0.29) is 5.69 Å². The fraction of sp³-hybridized carbons (Fsp3) is 0. The first-order valence-electron chi connectivity index (χ1n) is 5.33. The Morgan fingerprint density at radius 3 is 2.63 bits per heavy atom. The third-order valence-corrected chi connectivity index (χ3v) is 2.45. The van der Waals surface area contributed by atoms with Gasteiger partial charge in [0.25, 0.3) is 5.69 Å². The van der Waals surface area contributed by atoms with Gasteiger partial charge >= 0.3 is 0 Å². The smallest absolute Gasteiger partial charge is 0.269 e. The maximum Gasteiger partial charge on any atom is 0.269 e. The molecular formula is C11H7N5O3. The standard InChI is InChI=1S/C11H7N5O3/c17-16(18)9-5-3-8(4-6-9)15-13-11(12-14-15)10-2-1-7-19-10/h1-7H. The van der Waals surface area contributed by atoms with E-state index >= 15 is 0 Å². The highest BCUT2D eigenvalue weighted by Crippen LogP contribution is 2.16. The minimum absolute atomic E-state index is 0.00937. The molecule has 0 aliphatic heterocycles. The Morgan fingerprint density at radius 2 is 2.00 bits per heavy atom. The third-order valence-electron chi connectivity index (χ3n) is 2.45. The molecule has 0 aliphatic rings. The van der Waals surface area contributed by atoms with E-state index in [0.717, 1.165) is 0 Å². The lowest BCUT2D eigenvalue weighted by Gasteiger charge is -1.96. The van der Waals surface area contributed by atoms with E-state index in [4.69, 9.17) is 4.42 Å². The van der Waals surface area contributed by atoms with Gasteiger partial charge in [-0.2, -0.15) is 0 Å². The lowest BCUT2D eigenvalue weighted by Crippen LogP contribution is -1.99. The molecule has 2 aromatic heterocycles. The number of furan rings is 1. The van der Waals surface area contributed by atoms with Crippen LogP contribution in [0, 0.1) is 10.1 Å². The summed E-state index contributed by atoms with van der Waals surface area (Å²) in [6.07, 6.45) is 1.52. The zero-order valence-corrected chi connectivity index (χ0v) is 9.50. The predicted molar refractivity (Wildman–Crippen MR) is 63.5 cm³/mol. The van der Waals surface area contributed by atoms with Gasteiger partial charge < -0.3 is 4.42 Å². The Kier molecular flexibility index (Phi) is 2.53. The molecule has 0 bridgehead atoms. The van der Waals surface area contributed by atoms with Crippen LogP contribution in [0.15, 0.2) is 47.1 Å². The van der Waals surface area contributed by atoms with Gasteiger partial charge in [0.2, 0.25) is 5.82 Å². The number of rotatable bonds is 3. The molecule has 0 fully saturated rings. The third kappa shape index (κ3) is 2.06. The number of hydrogen-bond donors (Lipinski definition) is 0. The number of nitro benzene ring substituents is 1. The Labute approximate surface area is 106 Å². The molecule has 0 spiro atoms. The summed E-state index contributed by atoms with van der Waals surface area (Å²) < 4.78 is 5.15. The highest BCUT2D eigenvalue weighted by molar-refractivity contribution is 5.45. The van der Waals surface area contributed by atoms with Gasteiger partial charge in [-0.1, -0.05) is 0 Å². The predicted octanol–water partition coefficient (Wildman–Crippen LogP) is 1.83. The summed E-state index contributed by atoms with van der Waals surface area (Å²) in [6, 6.07) is 9.30. The minimum Gasteiger partial charge on any atom is -0.461 e. The van der Waals surface area contributed by atoms with Gasteiger partial charge in [-0.05, 0) is 29.5 Å². The van der Waals surface area contributed by atoms with Crippen molar-refractivity contribution in [3.05, 3.63) is 52.8 Å². The Morgan fingerprint density at radius 1 is 1.21 bits per heavy atom. The molecule has 0 atom stereocenters. The van der Waals surface area contributed by atoms with Crippen molar-refractivity contribution < 1.29 is 9.34 Å². The van der Waals surface area contributed by atoms with E-state index in [1.54, 1.807) is 24.3 Å². The molecule has 8 heteroatoms. The number of tetrazole rings is 1. The number of aromatic nitrogens is 4. The van der Waals surface area contributed by atoms with Crippen molar-refractivity contribution in [2.75, 3.05) is 0 Å². The van der Waals surface area contributed by atoms with E-state index < -0.39 is 4.92 Å². The van der Waals surface area contributed by atoms with Crippen LogP contribution in [0.2, 0.25) is 0 Å². The zero-order valence-electron chi connectivity index (χ0n) is 9.50. The molecule has 0 saturated heterocycles. The molecule has 94 valence electrons. The van der Waals surface area contributed by atoms with Crippen molar-refractivity contribution in [3.8, 4) is 17.3 Å². The molecule has 0 unspecified atom stereocenters. The Hall–Kier alpha value is -3.03. The van der Waals surface area contributed by atoms with Crippen molar-refractivity contribution in [2.24, 2.45) is 0 Å². The summed E-state index contributed by atoms with van der Waals surface area (Å²) >= 11 is 0. The van der Waals surface area contributed by atoms with E-state index in [1.807, 2.05) is 0 Å². The van der Waals surface area contributed by atoms with Crippen LogP contribution < -0.4 is 0 Å². The molecular weight excluding hydrogens is 250 g/mol. The summed E-state index contributed by atoms with van der Waals surface area (Å²) in [5.41, 5.74) is 0.589. The molecule has 0 aliphatic carbocycles. The number of hydrogen-bond acceptors (Lipinski definition) is 6. The highest BCUT2D eigenvalue weighted by Gasteiger charge is 2.10. The van der Waals surface area contributed by atoms with E-state index in [0.29, 0.717) is 17.3 Å². The second-order valence-corrected chi connectivity index (χ2v) is 3.65. The molecule has 2 heterocycles. The molecule has 8 nitrogen and oxygen atoms in total. The number of benzene rings is 1. The summed E-state index contributed by atoms with van der Waals surface area (Å²) in [4.78, 5) is 11.4. The molecule has 0 radical (unpaired) electrons. The quantitative estimate of drug-likeness (QED) is 0.524. The van der Waals surface area contributed by atoms with Gasteiger partial charge in [-0.3, -0.25) is 10.1 Å². The van der Waals surface area contributed by atoms with Crippen LogP contribution in [-0.2, 0) is 0 Å². The first kappa shape index (κ1) is 11.1. The highest BCUT2D eigenvalue weighted by atomic mass is 16.6. The van der Waals surface area contributed by atoms with Gasteiger partial charge in [-0.15, -0.1) is 15.0 Å². The molecule has 0 saturated carbocycles. The maximum absolute atomic E-state index is 10.6. The molecule has 19 heavy (non-hydrogen) atoms. The Balaban J connectivity index is 1.92. The summed E-state index contributed by atoms with van der Waals surface area (Å²) in [7, 11) is 0. The lowest BCUT2D eigenvalue weighted by molar-refractivity contribution is -0.384. The fourth-order valence-electron chi connectivity index (χ4n) is 1.54. The van der Waals surface area contributed by atoms with Crippen molar-refractivity contribution in [2.45, 2.75) is 0 Å². The Bertz CT molecular complexity index is 702. The van der Waals surface area contributed by atoms with Crippen LogP contribution in [0.25, 0.3) is 17.3 Å². The summed E-state index contributed by atoms with van der Waals surface area (Å²) in [5, 5.41) is 22.4. The van der Waals surface area contributed by atoms with Gasteiger partial charge in [0.1, 0.15) is 0 Å². The average molecular weight is 257 g/mol. The normalized spacial score (nSPS) is 10.5. The van der Waals surface area contributed by atoms with Gasteiger partial charge in [0.05, 0.1) is 16.9 Å². The van der Waals surface area contributed by atoms with Crippen LogP contribution in [0.5, 0.6) is 0 Å². The monoisotopic (exact) mass is 257 g/mol. The number of nitro groups is 1. The van der Waals surface area contributed by atoms with E-state index in [9.17, 15) is 10.1 Å². The van der Waals surface area contributed by atoms with Crippen LogP contribution in [0.1, 0.15) is 0 Å². The molecule has 0 N–H and O–H groups in total. The van der Waals surface area contributed by atoms with E-state index in [2.05, 4.69) is 15.4 Å². The van der Waals surface area contributed by atoms with Crippen LogP contribution in [0.4, 0.5) is 5.69 Å².